The fourth-order valence-electron chi connectivity index (χ4n) is 3.51. The van der Waals surface area contributed by atoms with Crippen molar-refractivity contribution in [2.24, 2.45) is 0 Å². The van der Waals surface area contributed by atoms with Gasteiger partial charge in [-0.25, -0.2) is 0 Å². The van der Waals surface area contributed by atoms with E-state index < -0.39 is 0 Å². The second-order valence-electron chi connectivity index (χ2n) is 9.10. The Kier molecular flexibility index (Phi) is 5.17. The van der Waals surface area contributed by atoms with Crippen LogP contribution in [0.5, 0.6) is 0 Å². The Morgan fingerprint density at radius 2 is 1.00 bits per heavy atom. The van der Waals surface area contributed by atoms with E-state index in [0.717, 1.165) is 22.3 Å². The summed E-state index contributed by atoms with van der Waals surface area (Å²) in [5.41, 5.74) is 5.86. The van der Waals surface area contributed by atoms with E-state index in [4.69, 9.17) is 8.83 Å². The quantitative estimate of drug-likeness (QED) is 0.383. The van der Waals surface area contributed by atoms with Gasteiger partial charge in [0.05, 0.1) is 0 Å². The van der Waals surface area contributed by atoms with Crippen LogP contribution in [0.1, 0.15) is 26.3 Å². The average Bonchev–Trinajstić information content (AvgIpc) is 3.50. The summed E-state index contributed by atoms with van der Waals surface area (Å²) >= 11 is 0. The lowest BCUT2D eigenvalue weighted by molar-refractivity contribution is 0.581. The molecule has 0 aliphatic rings. The molecule has 7 heteroatoms. The van der Waals surface area contributed by atoms with Gasteiger partial charge >= 0.3 is 0 Å². The van der Waals surface area contributed by atoms with Crippen LogP contribution in [-0.2, 0) is 5.41 Å². The maximum absolute atomic E-state index is 5.97. The molecule has 3 aromatic carbocycles. The monoisotopic (exact) mass is 434 g/mol. The molecule has 0 amide bonds. The van der Waals surface area contributed by atoms with Crippen LogP contribution in [0.15, 0.2) is 81.6 Å². The van der Waals surface area contributed by atoms with Crippen LogP contribution in [0, 0.1) is 0 Å². The zero-order valence-electron chi connectivity index (χ0n) is 19.0. The van der Waals surface area contributed by atoms with Gasteiger partial charge in [-0.3, -0.25) is 0 Å². The highest BCUT2D eigenvalue weighted by molar-refractivity contribution is 6.32. The van der Waals surface area contributed by atoms with E-state index in [1.165, 1.54) is 11.0 Å². The van der Waals surface area contributed by atoms with E-state index in [1.807, 2.05) is 68.5 Å². The summed E-state index contributed by atoms with van der Waals surface area (Å²) < 4.78 is 11.9. The smallest absolute Gasteiger partial charge is 0.248 e. The van der Waals surface area contributed by atoms with Crippen molar-refractivity contribution in [1.29, 1.82) is 0 Å². The van der Waals surface area contributed by atoms with Gasteiger partial charge in [-0.15, -0.1) is 20.4 Å². The highest BCUT2D eigenvalue weighted by atomic mass is 16.4. The molecular weight excluding hydrogens is 411 g/mol. The number of hydrogen-bond donors (Lipinski definition) is 0. The number of hydrogen-bond acceptors (Lipinski definition) is 6. The molecule has 5 aromatic rings. The molecule has 0 saturated heterocycles. The Morgan fingerprint density at radius 3 is 1.45 bits per heavy atom. The Labute approximate surface area is 193 Å². The van der Waals surface area contributed by atoms with Crippen molar-refractivity contribution >= 4 is 13.3 Å². The van der Waals surface area contributed by atoms with E-state index in [1.54, 1.807) is 0 Å². The fourth-order valence-corrected chi connectivity index (χ4v) is 3.51. The zero-order chi connectivity index (χ0) is 23.0. The summed E-state index contributed by atoms with van der Waals surface area (Å²) in [7, 11) is 2.04. The van der Waals surface area contributed by atoms with Gasteiger partial charge in [0.2, 0.25) is 23.6 Å². The van der Waals surface area contributed by atoms with Crippen LogP contribution in [0.4, 0.5) is 0 Å². The molecule has 0 aliphatic heterocycles. The Balaban J connectivity index is 1.40. The highest BCUT2D eigenvalue weighted by Crippen LogP contribution is 2.30. The number of aromatic nitrogens is 4. The minimum absolute atomic E-state index is 0.0903. The summed E-state index contributed by atoms with van der Waals surface area (Å²) in [4.78, 5) is 0. The molecule has 0 spiro atoms. The minimum Gasteiger partial charge on any atom is -0.416 e. The molecule has 0 atom stereocenters. The molecule has 0 N–H and O–H groups in total. The maximum Gasteiger partial charge on any atom is 0.248 e. The summed E-state index contributed by atoms with van der Waals surface area (Å²) in [5, 5.41) is 16.9. The predicted molar refractivity (Wildman–Crippen MR) is 131 cm³/mol. The minimum atomic E-state index is 0.0903. The topological polar surface area (TPSA) is 77.8 Å². The first-order valence-corrected chi connectivity index (χ1v) is 10.8. The Bertz CT molecular complexity index is 1400. The second kappa shape index (κ2) is 8.17. The van der Waals surface area contributed by atoms with Crippen molar-refractivity contribution in [2.75, 3.05) is 0 Å². The Morgan fingerprint density at radius 1 is 0.576 bits per heavy atom. The number of nitrogens with zero attached hydrogens (tertiary/aromatic N) is 4. The van der Waals surface area contributed by atoms with Crippen molar-refractivity contribution < 1.29 is 8.83 Å². The van der Waals surface area contributed by atoms with Crippen LogP contribution in [0.2, 0.25) is 0 Å². The van der Waals surface area contributed by atoms with E-state index in [2.05, 4.69) is 53.3 Å². The highest BCUT2D eigenvalue weighted by Gasteiger charge is 2.16. The fraction of sp³-hybridized carbons (Fsp3) is 0.154. The van der Waals surface area contributed by atoms with Gasteiger partial charge in [0.25, 0.3) is 0 Å². The van der Waals surface area contributed by atoms with Crippen LogP contribution in [0.3, 0.4) is 0 Å². The predicted octanol–water partition coefficient (Wildman–Crippen LogP) is 4.68. The summed E-state index contributed by atoms with van der Waals surface area (Å²) in [5.74, 6) is 1.83. The molecule has 2 aromatic heterocycles. The number of rotatable bonds is 4. The van der Waals surface area contributed by atoms with Crippen LogP contribution >= 0.6 is 0 Å². The zero-order valence-corrected chi connectivity index (χ0v) is 19.0. The molecule has 0 bridgehead atoms. The first kappa shape index (κ1) is 20.9. The summed E-state index contributed by atoms with van der Waals surface area (Å²) in [6.07, 6.45) is 0. The Hall–Kier alpha value is -4.00. The maximum atomic E-state index is 5.97. The van der Waals surface area contributed by atoms with E-state index in [-0.39, 0.29) is 5.41 Å². The first-order chi connectivity index (χ1) is 15.9. The van der Waals surface area contributed by atoms with E-state index in [9.17, 15) is 0 Å². The third-order valence-corrected chi connectivity index (χ3v) is 5.50. The molecule has 5 rings (SSSR count). The SMILES string of the molecule is Bc1ccc(-c2nnc(-c3cccc(-c4nnc(-c5ccc(C(C)(C)C)cc5)o4)c3)o2)cc1. The molecule has 0 fully saturated rings. The molecule has 6 nitrogen and oxygen atoms in total. The van der Waals surface area contributed by atoms with Crippen molar-refractivity contribution in [3.05, 3.63) is 78.4 Å². The van der Waals surface area contributed by atoms with E-state index in [0.29, 0.717) is 23.6 Å². The molecule has 0 unspecified atom stereocenters. The van der Waals surface area contributed by atoms with E-state index >= 15 is 0 Å². The van der Waals surface area contributed by atoms with Gasteiger partial charge in [-0.05, 0) is 41.3 Å². The van der Waals surface area contributed by atoms with Crippen molar-refractivity contribution in [3.63, 3.8) is 0 Å². The third kappa shape index (κ3) is 4.35. The molecule has 0 radical (unpaired) electrons. The molecule has 162 valence electrons. The molecule has 0 aliphatic carbocycles. The van der Waals surface area contributed by atoms with Gasteiger partial charge in [0.1, 0.15) is 7.85 Å². The molecule has 33 heavy (non-hydrogen) atoms. The second-order valence-corrected chi connectivity index (χ2v) is 9.10. The third-order valence-electron chi connectivity index (χ3n) is 5.50. The summed E-state index contributed by atoms with van der Waals surface area (Å²) in [6.45, 7) is 6.56. The molecule has 2 heterocycles. The first-order valence-electron chi connectivity index (χ1n) is 10.8. The molecular formula is C26H23BN4O2. The lowest BCUT2D eigenvalue weighted by atomic mass is 9.87. The lowest BCUT2D eigenvalue weighted by Gasteiger charge is -2.18. The van der Waals surface area contributed by atoms with Crippen LogP contribution in [-0.4, -0.2) is 28.2 Å². The van der Waals surface area contributed by atoms with Crippen molar-refractivity contribution in [3.8, 4) is 45.8 Å². The standard InChI is InChI=1S/C26H23BN4O2/c1-26(2,3)20-11-7-16(8-12-20)22-28-30-24(32-22)18-5-4-6-19(15-18)25-31-29-23(33-25)17-9-13-21(27)14-10-17/h4-15H,27H2,1-3H3. The molecule has 0 saturated carbocycles. The van der Waals surface area contributed by atoms with Gasteiger partial charge in [-0.1, -0.05) is 68.7 Å². The summed E-state index contributed by atoms with van der Waals surface area (Å²) in [6, 6.07) is 23.8. The average molecular weight is 434 g/mol. The number of benzene rings is 3. The van der Waals surface area contributed by atoms with Crippen LogP contribution < -0.4 is 5.46 Å². The van der Waals surface area contributed by atoms with Gasteiger partial charge in [0, 0.05) is 22.3 Å². The van der Waals surface area contributed by atoms with Crippen LogP contribution in [0.25, 0.3) is 45.8 Å². The van der Waals surface area contributed by atoms with Crippen molar-refractivity contribution in [1.82, 2.24) is 20.4 Å². The van der Waals surface area contributed by atoms with Gasteiger partial charge in [-0.2, -0.15) is 0 Å². The van der Waals surface area contributed by atoms with Crippen molar-refractivity contribution in [2.45, 2.75) is 26.2 Å². The van der Waals surface area contributed by atoms with Gasteiger partial charge in [0.15, 0.2) is 0 Å². The van der Waals surface area contributed by atoms with Gasteiger partial charge < -0.3 is 8.83 Å². The lowest BCUT2D eigenvalue weighted by Crippen LogP contribution is -2.10. The normalized spacial score (nSPS) is 11.6. The largest absolute Gasteiger partial charge is 0.416 e.